The number of ketones is 1. The number of rotatable bonds is 7. The second-order valence-electron chi connectivity index (χ2n) is 6.09. The quantitative estimate of drug-likeness (QED) is 0.383. The van der Waals surface area contributed by atoms with Gasteiger partial charge in [-0.25, -0.2) is 4.79 Å². The summed E-state index contributed by atoms with van der Waals surface area (Å²) in [7, 11) is 0. The van der Waals surface area contributed by atoms with E-state index in [9.17, 15) is 9.59 Å². The fourth-order valence-corrected chi connectivity index (χ4v) is 2.86. The SMILES string of the molecule is O=C(COC(=O)c1oc2ccccc2c1COc1ccccc1)c1ccc[nH]1. The van der Waals surface area contributed by atoms with Gasteiger partial charge in [-0.2, -0.15) is 0 Å². The van der Waals surface area contributed by atoms with E-state index in [1.54, 1.807) is 24.4 Å². The Balaban J connectivity index is 1.55. The minimum Gasteiger partial charge on any atom is -0.489 e. The minimum absolute atomic E-state index is 0.0383. The molecule has 0 aliphatic carbocycles. The smallest absolute Gasteiger partial charge is 0.375 e. The van der Waals surface area contributed by atoms with E-state index in [0.29, 0.717) is 22.6 Å². The highest BCUT2D eigenvalue weighted by Gasteiger charge is 2.23. The van der Waals surface area contributed by atoms with Gasteiger partial charge in [0.15, 0.2) is 6.61 Å². The van der Waals surface area contributed by atoms with Crippen molar-refractivity contribution in [3.8, 4) is 5.75 Å². The van der Waals surface area contributed by atoms with Crippen LogP contribution in [0.2, 0.25) is 0 Å². The average Bonchev–Trinajstić information content (AvgIpc) is 3.39. The third-order valence-electron chi connectivity index (χ3n) is 4.24. The third kappa shape index (κ3) is 3.66. The number of ether oxygens (including phenoxy) is 2. The number of esters is 1. The fraction of sp³-hybridized carbons (Fsp3) is 0.0909. The van der Waals surface area contributed by atoms with Gasteiger partial charge in [0.2, 0.25) is 11.5 Å². The van der Waals surface area contributed by atoms with Crippen LogP contribution in [0, 0.1) is 0 Å². The topological polar surface area (TPSA) is 81.5 Å². The number of aromatic nitrogens is 1. The van der Waals surface area contributed by atoms with E-state index in [0.717, 1.165) is 5.39 Å². The lowest BCUT2D eigenvalue weighted by Crippen LogP contribution is -2.15. The van der Waals surface area contributed by atoms with Crippen LogP contribution in [0.15, 0.2) is 77.3 Å². The summed E-state index contributed by atoms with van der Waals surface area (Å²) in [4.78, 5) is 27.4. The van der Waals surface area contributed by atoms with E-state index in [4.69, 9.17) is 13.9 Å². The largest absolute Gasteiger partial charge is 0.489 e. The molecule has 6 heteroatoms. The monoisotopic (exact) mass is 375 g/mol. The summed E-state index contributed by atoms with van der Waals surface area (Å²) in [6.45, 7) is -0.245. The summed E-state index contributed by atoms with van der Waals surface area (Å²) in [5.74, 6) is -0.315. The van der Waals surface area contributed by atoms with Crippen molar-refractivity contribution in [1.82, 2.24) is 4.98 Å². The van der Waals surface area contributed by atoms with E-state index in [1.807, 2.05) is 48.5 Å². The molecule has 0 bridgehead atoms. The van der Waals surface area contributed by atoms with Crippen molar-refractivity contribution >= 4 is 22.7 Å². The Kier molecular flexibility index (Phi) is 4.93. The predicted molar refractivity (Wildman–Crippen MR) is 102 cm³/mol. The molecular weight excluding hydrogens is 358 g/mol. The van der Waals surface area contributed by atoms with E-state index >= 15 is 0 Å². The molecule has 0 radical (unpaired) electrons. The van der Waals surface area contributed by atoms with Crippen molar-refractivity contribution in [2.45, 2.75) is 6.61 Å². The Morgan fingerprint density at radius 3 is 2.50 bits per heavy atom. The fourth-order valence-electron chi connectivity index (χ4n) is 2.86. The molecular formula is C22H17NO5. The number of hydrogen-bond donors (Lipinski definition) is 1. The van der Waals surface area contributed by atoms with Crippen LogP contribution in [-0.4, -0.2) is 23.3 Å². The van der Waals surface area contributed by atoms with Gasteiger partial charge in [-0.15, -0.1) is 0 Å². The van der Waals surface area contributed by atoms with Gasteiger partial charge in [0.1, 0.15) is 17.9 Å². The molecule has 28 heavy (non-hydrogen) atoms. The normalized spacial score (nSPS) is 10.7. The highest BCUT2D eigenvalue weighted by Crippen LogP contribution is 2.28. The van der Waals surface area contributed by atoms with Crippen LogP contribution in [0.1, 0.15) is 26.6 Å². The minimum atomic E-state index is -0.706. The van der Waals surface area contributed by atoms with Gasteiger partial charge < -0.3 is 18.9 Å². The first kappa shape index (κ1) is 17.6. The Labute approximate surface area is 160 Å². The highest BCUT2D eigenvalue weighted by atomic mass is 16.5. The van der Waals surface area contributed by atoms with Crippen molar-refractivity contribution in [3.63, 3.8) is 0 Å². The van der Waals surface area contributed by atoms with E-state index in [-0.39, 0.29) is 24.8 Å². The molecule has 0 fully saturated rings. The molecule has 4 aromatic rings. The van der Waals surface area contributed by atoms with Crippen molar-refractivity contribution < 1.29 is 23.5 Å². The maximum absolute atomic E-state index is 12.6. The van der Waals surface area contributed by atoms with Gasteiger partial charge in [0.25, 0.3) is 0 Å². The summed E-state index contributed by atoms with van der Waals surface area (Å²) < 4.78 is 16.7. The summed E-state index contributed by atoms with van der Waals surface area (Å²) >= 11 is 0. The van der Waals surface area contributed by atoms with Gasteiger partial charge in [-0.1, -0.05) is 36.4 Å². The number of hydrogen-bond acceptors (Lipinski definition) is 5. The van der Waals surface area contributed by atoms with E-state index in [1.165, 1.54) is 0 Å². The Bertz CT molecular complexity index is 1100. The summed E-state index contributed by atoms with van der Waals surface area (Å²) in [6, 6.07) is 19.9. The average molecular weight is 375 g/mol. The molecule has 0 amide bonds. The van der Waals surface area contributed by atoms with E-state index in [2.05, 4.69) is 4.98 Å². The number of furan rings is 1. The van der Waals surface area contributed by atoms with Crippen LogP contribution in [-0.2, 0) is 11.3 Å². The zero-order chi connectivity index (χ0) is 19.3. The highest BCUT2D eigenvalue weighted by molar-refractivity contribution is 5.99. The lowest BCUT2D eigenvalue weighted by Gasteiger charge is -2.07. The van der Waals surface area contributed by atoms with E-state index < -0.39 is 5.97 Å². The van der Waals surface area contributed by atoms with Crippen molar-refractivity contribution in [2.75, 3.05) is 6.61 Å². The number of carbonyl (C=O) groups is 2. The molecule has 6 nitrogen and oxygen atoms in total. The lowest BCUT2D eigenvalue weighted by molar-refractivity contribution is 0.0442. The van der Waals surface area contributed by atoms with Crippen molar-refractivity contribution in [2.24, 2.45) is 0 Å². The molecule has 2 heterocycles. The molecule has 1 N–H and O–H groups in total. The number of benzene rings is 2. The zero-order valence-corrected chi connectivity index (χ0v) is 14.9. The molecule has 0 saturated carbocycles. The van der Waals surface area contributed by atoms with Crippen LogP contribution >= 0.6 is 0 Å². The number of Topliss-reactive ketones (excluding diaryl/α,β-unsaturated/α-hetero) is 1. The van der Waals surface area contributed by atoms with Gasteiger partial charge >= 0.3 is 5.97 Å². The number of para-hydroxylation sites is 2. The third-order valence-corrected chi connectivity index (χ3v) is 4.24. The Morgan fingerprint density at radius 2 is 1.71 bits per heavy atom. The second-order valence-corrected chi connectivity index (χ2v) is 6.09. The van der Waals surface area contributed by atoms with Crippen LogP contribution in [0.25, 0.3) is 11.0 Å². The van der Waals surface area contributed by atoms with Crippen molar-refractivity contribution in [1.29, 1.82) is 0 Å². The first-order valence-corrected chi connectivity index (χ1v) is 8.74. The molecule has 140 valence electrons. The standard InChI is InChI=1S/C22H17NO5/c24-19(18-10-6-12-23-18)14-27-22(25)21-17(13-26-15-7-2-1-3-8-15)16-9-4-5-11-20(16)28-21/h1-12,23H,13-14H2. The summed E-state index contributed by atoms with van der Waals surface area (Å²) in [5, 5.41) is 0.765. The molecule has 2 aromatic heterocycles. The Hall–Kier alpha value is -3.80. The van der Waals surface area contributed by atoms with Crippen LogP contribution < -0.4 is 4.74 Å². The number of H-pyrrole nitrogens is 1. The van der Waals surface area contributed by atoms with Gasteiger partial charge in [0.05, 0.1) is 11.3 Å². The number of nitrogens with one attached hydrogen (secondary N) is 1. The number of aromatic amines is 1. The predicted octanol–water partition coefficient (Wildman–Crippen LogP) is 4.38. The zero-order valence-electron chi connectivity index (χ0n) is 14.9. The molecule has 0 spiro atoms. The summed E-state index contributed by atoms with van der Waals surface area (Å²) in [6.07, 6.45) is 1.63. The van der Waals surface area contributed by atoms with Gasteiger partial charge in [0, 0.05) is 11.6 Å². The second kappa shape index (κ2) is 7.84. The Morgan fingerprint density at radius 1 is 0.929 bits per heavy atom. The maximum atomic E-state index is 12.6. The number of carbonyl (C=O) groups excluding carboxylic acids is 2. The molecule has 0 saturated heterocycles. The van der Waals surface area contributed by atoms with Crippen molar-refractivity contribution in [3.05, 3.63) is 89.9 Å². The van der Waals surface area contributed by atoms with Gasteiger partial charge in [-0.3, -0.25) is 4.79 Å². The molecule has 0 aliphatic heterocycles. The van der Waals surface area contributed by atoms with Gasteiger partial charge in [-0.05, 0) is 30.3 Å². The first-order chi connectivity index (χ1) is 13.7. The molecule has 0 atom stereocenters. The number of fused-ring (bicyclic) bond motifs is 1. The van der Waals surface area contributed by atoms with Crippen LogP contribution in [0.5, 0.6) is 5.75 Å². The van der Waals surface area contributed by atoms with Crippen LogP contribution in [0.4, 0.5) is 0 Å². The maximum Gasteiger partial charge on any atom is 0.375 e. The summed E-state index contributed by atoms with van der Waals surface area (Å²) in [5.41, 5.74) is 1.51. The van der Waals surface area contributed by atoms with Crippen LogP contribution in [0.3, 0.4) is 0 Å². The lowest BCUT2D eigenvalue weighted by atomic mass is 10.1. The molecule has 4 rings (SSSR count). The molecule has 2 aromatic carbocycles. The first-order valence-electron chi connectivity index (χ1n) is 8.74. The molecule has 0 unspecified atom stereocenters. The molecule has 0 aliphatic rings.